The molecule has 2 heterocycles. The normalized spacial score (nSPS) is 10.5. The molecule has 2 aromatic rings. The zero-order valence-corrected chi connectivity index (χ0v) is 13.0. The van der Waals surface area contributed by atoms with E-state index < -0.39 is 0 Å². The molecule has 7 heteroatoms. The summed E-state index contributed by atoms with van der Waals surface area (Å²) in [6, 6.07) is 3.61. The minimum Gasteiger partial charge on any atom is -0.493 e. The molecule has 0 atom stereocenters. The maximum absolute atomic E-state index is 12.4. The van der Waals surface area contributed by atoms with Gasteiger partial charge in [-0.1, -0.05) is 6.92 Å². The van der Waals surface area contributed by atoms with Crippen LogP contribution in [0, 0.1) is 0 Å². The van der Waals surface area contributed by atoms with Gasteiger partial charge in [-0.3, -0.25) is 14.0 Å². The topological polar surface area (TPSA) is 84.7 Å². The van der Waals surface area contributed by atoms with Crippen molar-refractivity contribution < 1.29 is 14.3 Å². The minimum atomic E-state index is -0.219. The average molecular weight is 304 g/mol. The molecule has 2 rings (SSSR count). The van der Waals surface area contributed by atoms with Gasteiger partial charge in [0.2, 0.25) is 5.91 Å². The number of fused-ring (bicyclic) bond motifs is 1. The molecule has 0 bridgehead atoms. The first-order chi connectivity index (χ1) is 10.6. The number of aryl methyl sites for hydroxylation is 1. The molecule has 0 aliphatic rings. The van der Waals surface area contributed by atoms with Gasteiger partial charge in [0.15, 0.2) is 11.4 Å². The lowest BCUT2D eigenvalue weighted by Crippen LogP contribution is -2.34. The van der Waals surface area contributed by atoms with E-state index in [4.69, 9.17) is 4.74 Å². The molecule has 0 unspecified atom stereocenters. The second kappa shape index (κ2) is 6.93. The van der Waals surface area contributed by atoms with Gasteiger partial charge in [0.25, 0.3) is 5.91 Å². The number of aromatic nitrogens is 2. The van der Waals surface area contributed by atoms with Gasteiger partial charge in [-0.05, 0) is 18.6 Å². The number of carbonyl (C=O) groups excluding carboxylic acids is 2. The Labute approximate surface area is 128 Å². The number of nitrogens with one attached hydrogen (secondary N) is 2. The van der Waals surface area contributed by atoms with Crippen LogP contribution in [0.4, 0.5) is 0 Å². The van der Waals surface area contributed by atoms with Gasteiger partial charge >= 0.3 is 0 Å². The van der Waals surface area contributed by atoms with E-state index in [9.17, 15) is 9.59 Å². The van der Waals surface area contributed by atoms with E-state index in [1.54, 1.807) is 29.8 Å². The molecule has 0 spiro atoms. The van der Waals surface area contributed by atoms with Crippen molar-refractivity contribution in [2.45, 2.75) is 20.3 Å². The number of hydrogen-bond donors (Lipinski definition) is 2. The zero-order valence-electron chi connectivity index (χ0n) is 13.0. The van der Waals surface area contributed by atoms with E-state index >= 15 is 0 Å². The van der Waals surface area contributed by atoms with E-state index in [1.165, 1.54) is 6.92 Å². The molecule has 7 nitrogen and oxygen atoms in total. The molecule has 2 amide bonds. The van der Waals surface area contributed by atoms with Crippen LogP contribution in [0.3, 0.4) is 0 Å². The number of rotatable bonds is 6. The molecule has 2 aromatic heterocycles. The SMILES string of the molecule is CCc1nc2c(OC)cccn2c1C(=O)NCCNC(C)=O. The monoisotopic (exact) mass is 304 g/mol. The van der Waals surface area contributed by atoms with E-state index in [0.29, 0.717) is 42.3 Å². The number of pyridine rings is 1. The zero-order chi connectivity index (χ0) is 16.1. The molecule has 0 saturated heterocycles. The van der Waals surface area contributed by atoms with Crippen LogP contribution in [0.5, 0.6) is 5.75 Å². The third-order valence-electron chi connectivity index (χ3n) is 3.24. The first-order valence-corrected chi connectivity index (χ1v) is 7.15. The smallest absolute Gasteiger partial charge is 0.270 e. The Morgan fingerprint density at radius 2 is 2.05 bits per heavy atom. The number of ether oxygens (including phenoxy) is 1. The Morgan fingerprint density at radius 1 is 1.32 bits per heavy atom. The van der Waals surface area contributed by atoms with Crippen LogP contribution < -0.4 is 15.4 Å². The molecule has 22 heavy (non-hydrogen) atoms. The maximum Gasteiger partial charge on any atom is 0.270 e. The van der Waals surface area contributed by atoms with Crippen molar-refractivity contribution in [2.75, 3.05) is 20.2 Å². The predicted molar refractivity (Wildman–Crippen MR) is 82.1 cm³/mol. The minimum absolute atomic E-state index is 0.122. The molecular weight excluding hydrogens is 284 g/mol. The first kappa shape index (κ1) is 15.8. The number of imidazole rings is 1. The van der Waals surface area contributed by atoms with Crippen LogP contribution in [0.25, 0.3) is 5.65 Å². The highest BCUT2D eigenvalue weighted by Crippen LogP contribution is 2.22. The fourth-order valence-corrected chi connectivity index (χ4v) is 2.23. The summed E-state index contributed by atoms with van der Waals surface area (Å²) in [5, 5.41) is 5.42. The molecule has 118 valence electrons. The molecule has 0 aliphatic heterocycles. The largest absolute Gasteiger partial charge is 0.493 e. The number of hydrogen-bond acceptors (Lipinski definition) is 4. The molecule has 0 aliphatic carbocycles. The summed E-state index contributed by atoms with van der Waals surface area (Å²) >= 11 is 0. The fraction of sp³-hybridized carbons (Fsp3) is 0.400. The number of nitrogens with zero attached hydrogens (tertiary/aromatic N) is 2. The van der Waals surface area contributed by atoms with Crippen LogP contribution in [0.1, 0.15) is 30.0 Å². The van der Waals surface area contributed by atoms with Crippen molar-refractivity contribution in [3.8, 4) is 5.75 Å². The molecule has 0 fully saturated rings. The highest BCUT2D eigenvalue weighted by atomic mass is 16.5. The molecule has 0 aromatic carbocycles. The second-order valence-electron chi connectivity index (χ2n) is 4.77. The predicted octanol–water partition coefficient (Wildman–Crippen LogP) is 0.771. The van der Waals surface area contributed by atoms with Gasteiger partial charge in [-0.25, -0.2) is 4.98 Å². The quantitative estimate of drug-likeness (QED) is 0.772. The van der Waals surface area contributed by atoms with Gasteiger partial charge in [-0.2, -0.15) is 0 Å². The second-order valence-corrected chi connectivity index (χ2v) is 4.77. The number of methoxy groups -OCH3 is 1. The summed E-state index contributed by atoms with van der Waals surface area (Å²) in [5.41, 5.74) is 1.83. The summed E-state index contributed by atoms with van der Waals surface area (Å²) in [4.78, 5) is 27.7. The van der Waals surface area contributed by atoms with E-state index in [2.05, 4.69) is 15.6 Å². The number of amides is 2. The Bertz CT molecular complexity index is 693. The Hall–Kier alpha value is -2.57. The van der Waals surface area contributed by atoms with Crippen molar-refractivity contribution in [3.05, 3.63) is 29.7 Å². The van der Waals surface area contributed by atoms with Gasteiger partial charge < -0.3 is 15.4 Å². The van der Waals surface area contributed by atoms with Gasteiger partial charge in [0, 0.05) is 26.2 Å². The highest BCUT2D eigenvalue weighted by Gasteiger charge is 2.19. The first-order valence-electron chi connectivity index (χ1n) is 7.15. The number of carbonyl (C=O) groups is 2. The van der Waals surface area contributed by atoms with Crippen molar-refractivity contribution in [1.82, 2.24) is 20.0 Å². The summed E-state index contributed by atoms with van der Waals surface area (Å²) in [5.74, 6) is 0.278. The van der Waals surface area contributed by atoms with Crippen molar-refractivity contribution in [1.29, 1.82) is 0 Å². The van der Waals surface area contributed by atoms with E-state index in [-0.39, 0.29) is 11.8 Å². The van der Waals surface area contributed by atoms with Crippen molar-refractivity contribution in [2.24, 2.45) is 0 Å². The maximum atomic E-state index is 12.4. The highest BCUT2D eigenvalue weighted by molar-refractivity contribution is 5.95. The summed E-state index contributed by atoms with van der Waals surface area (Å²) in [6.45, 7) is 4.14. The standard InChI is InChI=1S/C15H20N4O3/c1-4-11-13(15(21)17-8-7-16-10(2)20)19-9-5-6-12(22-3)14(19)18-11/h5-6,9H,4,7-8H2,1-3H3,(H,16,20)(H,17,21). The molecule has 2 N–H and O–H groups in total. The Morgan fingerprint density at radius 3 is 2.68 bits per heavy atom. The summed E-state index contributed by atoms with van der Waals surface area (Å²) in [7, 11) is 1.57. The van der Waals surface area contributed by atoms with Crippen LogP contribution in [0.2, 0.25) is 0 Å². The van der Waals surface area contributed by atoms with Gasteiger partial charge in [0.1, 0.15) is 5.69 Å². The molecule has 0 saturated carbocycles. The Balaban J connectivity index is 2.25. The Kier molecular flexibility index (Phi) is 4.98. The van der Waals surface area contributed by atoms with Crippen LogP contribution in [0.15, 0.2) is 18.3 Å². The summed E-state index contributed by atoms with van der Waals surface area (Å²) in [6.07, 6.45) is 2.42. The van der Waals surface area contributed by atoms with E-state index in [0.717, 1.165) is 0 Å². The lowest BCUT2D eigenvalue weighted by Gasteiger charge is -2.07. The van der Waals surface area contributed by atoms with Crippen LogP contribution in [-0.4, -0.2) is 41.4 Å². The van der Waals surface area contributed by atoms with Crippen LogP contribution in [-0.2, 0) is 11.2 Å². The van der Waals surface area contributed by atoms with Gasteiger partial charge in [-0.15, -0.1) is 0 Å². The van der Waals surface area contributed by atoms with Crippen molar-refractivity contribution >= 4 is 17.5 Å². The summed E-state index contributed by atoms with van der Waals surface area (Å²) < 4.78 is 7.01. The lowest BCUT2D eigenvalue weighted by molar-refractivity contribution is -0.118. The molecule has 0 radical (unpaired) electrons. The fourth-order valence-electron chi connectivity index (χ4n) is 2.23. The van der Waals surface area contributed by atoms with Crippen LogP contribution >= 0.6 is 0 Å². The molecular formula is C15H20N4O3. The van der Waals surface area contributed by atoms with Crippen molar-refractivity contribution in [3.63, 3.8) is 0 Å². The third-order valence-corrected chi connectivity index (χ3v) is 3.24. The third kappa shape index (κ3) is 3.19. The van der Waals surface area contributed by atoms with E-state index in [1.807, 2.05) is 6.92 Å². The van der Waals surface area contributed by atoms with Gasteiger partial charge in [0.05, 0.1) is 12.8 Å². The lowest BCUT2D eigenvalue weighted by atomic mass is 10.2. The average Bonchev–Trinajstić information content (AvgIpc) is 2.89.